The summed E-state index contributed by atoms with van der Waals surface area (Å²) in [5, 5.41) is 3.22. The lowest BCUT2D eigenvalue weighted by atomic mass is 10.1. The molecule has 0 aromatic heterocycles. The summed E-state index contributed by atoms with van der Waals surface area (Å²) in [5.41, 5.74) is 0.429. The number of benzene rings is 1. The van der Waals surface area contributed by atoms with Crippen molar-refractivity contribution in [2.75, 3.05) is 19.7 Å². The number of carbonyl (C=O) groups excluding carboxylic acids is 3. The summed E-state index contributed by atoms with van der Waals surface area (Å²) in [6.45, 7) is 3.03. The standard InChI is InChI=1S/C17H21ClN2O4/c1-2-3-10-24-15(21)11-14-16(22)19-8-9-20(14)17(23)12-4-6-13(18)7-5-12/h4-7,14H,2-3,8-11H2,1H3,(H,19,22). The zero-order valence-corrected chi connectivity index (χ0v) is 14.3. The van der Waals surface area contributed by atoms with Crippen LogP contribution in [0.25, 0.3) is 0 Å². The number of nitrogens with zero attached hydrogens (tertiary/aromatic N) is 1. The molecule has 130 valence electrons. The van der Waals surface area contributed by atoms with Gasteiger partial charge in [-0.25, -0.2) is 0 Å². The molecule has 0 aliphatic carbocycles. The molecule has 0 radical (unpaired) electrons. The van der Waals surface area contributed by atoms with Gasteiger partial charge in [-0.15, -0.1) is 0 Å². The molecule has 1 saturated heterocycles. The number of nitrogens with one attached hydrogen (secondary N) is 1. The molecule has 0 bridgehead atoms. The molecule has 1 unspecified atom stereocenters. The Balaban J connectivity index is 2.07. The molecule has 0 spiro atoms. The molecule has 1 aliphatic heterocycles. The fourth-order valence-corrected chi connectivity index (χ4v) is 2.59. The second-order valence-electron chi connectivity index (χ2n) is 5.59. The van der Waals surface area contributed by atoms with Crippen molar-refractivity contribution in [3.8, 4) is 0 Å². The highest BCUT2D eigenvalue weighted by Crippen LogP contribution is 2.16. The minimum absolute atomic E-state index is 0.144. The maximum absolute atomic E-state index is 12.7. The highest BCUT2D eigenvalue weighted by Gasteiger charge is 2.35. The topological polar surface area (TPSA) is 75.7 Å². The first-order chi connectivity index (χ1) is 11.5. The molecular formula is C17H21ClN2O4. The number of piperazine rings is 1. The Labute approximate surface area is 146 Å². The van der Waals surface area contributed by atoms with Crippen molar-refractivity contribution < 1.29 is 19.1 Å². The van der Waals surface area contributed by atoms with E-state index in [0.717, 1.165) is 12.8 Å². The number of halogens is 1. The number of ether oxygens (including phenoxy) is 1. The molecule has 0 saturated carbocycles. The van der Waals surface area contributed by atoms with Gasteiger partial charge in [0.1, 0.15) is 6.04 Å². The van der Waals surface area contributed by atoms with Gasteiger partial charge in [-0.2, -0.15) is 0 Å². The van der Waals surface area contributed by atoms with Gasteiger partial charge in [0.25, 0.3) is 5.91 Å². The maximum atomic E-state index is 12.7. The van der Waals surface area contributed by atoms with E-state index in [2.05, 4.69) is 5.32 Å². The van der Waals surface area contributed by atoms with Crippen LogP contribution >= 0.6 is 11.6 Å². The van der Waals surface area contributed by atoms with E-state index in [1.165, 1.54) is 4.90 Å². The summed E-state index contributed by atoms with van der Waals surface area (Å²) < 4.78 is 5.11. The van der Waals surface area contributed by atoms with E-state index >= 15 is 0 Å². The largest absolute Gasteiger partial charge is 0.466 e. The number of hydrogen-bond acceptors (Lipinski definition) is 4. The predicted molar refractivity (Wildman–Crippen MR) is 89.8 cm³/mol. The second-order valence-corrected chi connectivity index (χ2v) is 6.03. The number of hydrogen-bond donors (Lipinski definition) is 1. The molecule has 6 nitrogen and oxygen atoms in total. The number of esters is 1. The molecular weight excluding hydrogens is 332 g/mol. The van der Waals surface area contributed by atoms with Gasteiger partial charge in [-0.05, 0) is 30.7 Å². The molecule has 1 aromatic rings. The third-order valence-corrected chi connectivity index (χ3v) is 4.06. The van der Waals surface area contributed by atoms with Crippen LogP contribution in [-0.2, 0) is 14.3 Å². The first-order valence-corrected chi connectivity index (χ1v) is 8.40. The van der Waals surface area contributed by atoms with Crippen LogP contribution in [0.2, 0.25) is 5.02 Å². The van der Waals surface area contributed by atoms with Crippen LogP contribution < -0.4 is 5.32 Å². The minimum atomic E-state index is -0.851. The lowest BCUT2D eigenvalue weighted by molar-refractivity contribution is -0.147. The molecule has 1 heterocycles. The van der Waals surface area contributed by atoms with E-state index in [9.17, 15) is 14.4 Å². The summed E-state index contributed by atoms with van der Waals surface area (Å²) in [7, 11) is 0. The summed E-state index contributed by atoms with van der Waals surface area (Å²) in [5.74, 6) is -1.11. The van der Waals surface area contributed by atoms with Crippen LogP contribution in [0.3, 0.4) is 0 Å². The summed E-state index contributed by atoms with van der Waals surface area (Å²) in [6, 6.07) is 5.59. The van der Waals surface area contributed by atoms with Crippen molar-refractivity contribution in [2.24, 2.45) is 0 Å². The highest BCUT2D eigenvalue weighted by atomic mass is 35.5. The van der Waals surface area contributed by atoms with Crippen LogP contribution in [0.4, 0.5) is 0 Å². The minimum Gasteiger partial charge on any atom is -0.466 e. The normalized spacial score (nSPS) is 17.3. The molecule has 2 rings (SSSR count). The lowest BCUT2D eigenvalue weighted by Crippen LogP contribution is -2.57. The maximum Gasteiger partial charge on any atom is 0.308 e. The van der Waals surface area contributed by atoms with E-state index in [4.69, 9.17) is 16.3 Å². The van der Waals surface area contributed by atoms with Gasteiger partial charge in [0.05, 0.1) is 13.0 Å². The lowest BCUT2D eigenvalue weighted by Gasteiger charge is -2.34. The van der Waals surface area contributed by atoms with Gasteiger partial charge in [-0.1, -0.05) is 24.9 Å². The average molecular weight is 353 g/mol. The third-order valence-electron chi connectivity index (χ3n) is 3.80. The molecule has 24 heavy (non-hydrogen) atoms. The van der Waals surface area contributed by atoms with Crippen LogP contribution in [0.1, 0.15) is 36.5 Å². The van der Waals surface area contributed by atoms with Crippen molar-refractivity contribution >= 4 is 29.4 Å². The number of rotatable bonds is 6. The van der Waals surface area contributed by atoms with Crippen LogP contribution in [0.15, 0.2) is 24.3 Å². The van der Waals surface area contributed by atoms with Gasteiger partial charge < -0.3 is 15.0 Å². The van der Waals surface area contributed by atoms with Crippen LogP contribution in [0, 0.1) is 0 Å². The molecule has 2 amide bonds. The van der Waals surface area contributed by atoms with E-state index in [1.807, 2.05) is 6.92 Å². The monoisotopic (exact) mass is 352 g/mol. The predicted octanol–water partition coefficient (Wildman–Crippen LogP) is 2.01. The summed E-state index contributed by atoms with van der Waals surface area (Å²) >= 11 is 5.83. The quantitative estimate of drug-likeness (QED) is 0.627. The van der Waals surface area contributed by atoms with E-state index in [1.54, 1.807) is 24.3 Å². The number of unbranched alkanes of at least 4 members (excludes halogenated alkanes) is 1. The fraction of sp³-hybridized carbons (Fsp3) is 0.471. The SMILES string of the molecule is CCCCOC(=O)CC1C(=O)NCCN1C(=O)c1ccc(Cl)cc1. The Bertz CT molecular complexity index is 603. The summed E-state index contributed by atoms with van der Waals surface area (Å²) in [4.78, 5) is 38.1. The van der Waals surface area contributed by atoms with Gasteiger partial charge in [0, 0.05) is 23.7 Å². The summed E-state index contributed by atoms with van der Waals surface area (Å²) in [6.07, 6.45) is 1.54. The second kappa shape index (κ2) is 8.68. The average Bonchev–Trinajstić information content (AvgIpc) is 2.57. The van der Waals surface area contributed by atoms with Crippen molar-refractivity contribution in [2.45, 2.75) is 32.2 Å². The van der Waals surface area contributed by atoms with Crippen LogP contribution in [0.5, 0.6) is 0 Å². The first-order valence-electron chi connectivity index (χ1n) is 8.02. The van der Waals surface area contributed by atoms with Crippen molar-refractivity contribution in [3.63, 3.8) is 0 Å². The van der Waals surface area contributed by atoms with E-state index in [0.29, 0.717) is 30.3 Å². The third kappa shape index (κ3) is 4.71. The van der Waals surface area contributed by atoms with E-state index < -0.39 is 12.0 Å². The van der Waals surface area contributed by atoms with Gasteiger partial charge in [0.15, 0.2) is 0 Å². The number of amides is 2. The Hall–Kier alpha value is -2.08. The van der Waals surface area contributed by atoms with Crippen molar-refractivity contribution in [1.82, 2.24) is 10.2 Å². The Kier molecular flexibility index (Phi) is 6.61. The zero-order valence-electron chi connectivity index (χ0n) is 13.6. The smallest absolute Gasteiger partial charge is 0.308 e. The first kappa shape index (κ1) is 18.3. The molecule has 1 N–H and O–H groups in total. The van der Waals surface area contributed by atoms with Gasteiger partial charge >= 0.3 is 5.97 Å². The van der Waals surface area contributed by atoms with Crippen molar-refractivity contribution in [3.05, 3.63) is 34.9 Å². The molecule has 1 aliphatic rings. The number of carbonyl (C=O) groups is 3. The molecule has 1 fully saturated rings. The Morgan fingerprint density at radius 2 is 2.04 bits per heavy atom. The highest BCUT2D eigenvalue weighted by molar-refractivity contribution is 6.30. The Morgan fingerprint density at radius 3 is 2.71 bits per heavy atom. The zero-order chi connectivity index (χ0) is 17.5. The molecule has 1 aromatic carbocycles. The fourth-order valence-electron chi connectivity index (χ4n) is 2.47. The van der Waals surface area contributed by atoms with Crippen LogP contribution in [-0.4, -0.2) is 48.4 Å². The Morgan fingerprint density at radius 1 is 1.33 bits per heavy atom. The van der Waals surface area contributed by atoms with E-state index in [-0.39, 0.29) is 18.2 Å². The molecule has 7 heteroatoms. The van der Waals surface area contributed by atoms with Gasteiger partial charge in [-0.3, -0.25) is 14.4 Å². The van der Waals surface area contributed by atoms with Crippen molar-refractivity contribution in [1.29, 1.82) is 0 Å². The molecule has 1 atom stereocenters. The van der Waals surface area contributed by atoms with Gasteiger partial charge in [0.2, 0.25) is 5.91 Å².